The van der Waals surface area contributed by atoms with Gasteiger partial charge in [0.05, 0.1) is 6.10 Å². The Balaban J connectivity index is 2.21. The molecule has 1 aromatic rings. The van der Waals surface area contributed by atoms with Crippen LogP contribution in [0.15, 0.2) is 24.3 Å². The van der Waals surface area contributed by atoms with Gasteiger partial charge in [-0.15, -0.1) is 0 Å². The molecule has 58 valence electrons. The summed E-state index contributed by atoms with van der Waals surface area (Å²) in [5, 5.41) is 9.15. The lowest BCUT2D eigenvalue weighted by Gasteiger charge is -1.97. The van der Waals surface area contributed by atoms with Crippen molar-refractivity contribution in [2.24, 2.45) is 0 Å². The van der Waals surface area contributed by atoms with Crippen LogP contribution in [-0.4, -0.2) is 11.2 Å². The standard InChI is InChI=1S/C10H12O/c1-7-2-4-8(5-3-7)9-6-10(9)11/h2-5,9-11H,6H2,1H3. The summed E-state index contributed by atoms with van der Waals surface area (Å²) in [5.74, 6) is 0.426. The molecule has 1 aliphatic carbocycles. The minimum absolute atomic E-state index is 0.0716. The smallest absolute Gasteiger partial charge is 0.0616 e. The van der Waals surface area contributed by atoms with E-state index in [1.165, 1.54) is 11.1 Å². The molecule has 1 aliphatic rings. The van der Waals surface area contributed by atoms with Gasteiger partial charge in [-0.25, -0.2) is 0 Å². The fourth-order valence-electron chi connectivity index (χ4n) is 1.35. The fourth-order valence-corrected chi connectivity index (χ4v) is 1.35. The second kappa shape index (κ2) is 2.35. The lowest BCUT2D eigenvalue weighted by molar-refractivity contribution is 0.272. The molecule has 1 fully saturated rings. The predicted octanol–water partition coefficient (Wildman–Crippen LogP) is 1.84. The lowest BCUT2D eigenvalue weighted by atomic mass is 10.1. The summed E-state index contributed by atoms with van der Waals surface area (Å²) >= 11 is 0. The predicted molar refractivity (Wildman–Crippen MR) is 44.5 cm³/mol. The van der Waals surface area contributed by atoms with Gasteiger partial charge in [0.25, 0.3) is 0 Å². The Hall–Kier alpha value is -0.820. The van der Waals surface area contributed by atoms with Crippen molar-refractivity contribution in [3.63, 3.8) is 0 Å². The molecule has 0 radical (unpaired) electrons. The number of aryl methyl sites for hydroxylation is 1. The van der Waals surface area contributed by atoms with Gasteiger partial charge < -0.3 is 5.11 Å². The van der Waals surface area contributed by atoms with E-state index in [1.54, 1.807) is 0 Å². The highest BCUT2D eigenvalue weighted by Crippen LogP contribution is 2.40. The molecule has 2 atom stereocenters. The number of hydrogen-bond acceptors (Lipinski definition) is 1. The molecule has 0 aromatic heterocycles. The van der Waals surface area contributed by atoms with Gasteiger partial charge in [-0.05, 0) is 18.9 Å². The SMILES string of the molecule is Cc1ccc(C2CC2O)cc1. The summed E-state index contributed by atoms with van der Waals surface area (Å²) in [5.41, 5.74) is 2.56. The molecule has 0 bridgehead atoms. The van der Waals surface area contributed by atoms with Crippen LogP contribution in [0.2, 0.25) is 0 Å². The van der Waals surface area contributed by atoms with Gasteiger partial charge in [0.15, 0.2) is 0 Å². The van der Waals surface area contributed by atoms with E-state index in [-0.39, 0.29) is 6.10 Å². The third-order valence-electron chi connectivity index (χ3n) is 2.26. The number of aliphatic hydroxyl groups excluding tert-OH is 1. The summed E-state index contributed by atoms with van der Waals surface area (Å²) in [6.07, 6.45) is 0.876. The maximum absolute atomic E-state index is 9.15. The normalized spacial score (nSPS) is 28.5. The van der Waals surface area contributed by atoms with Crippen LogP contribution in [0.25, 0.3) is 0 Å². The molecule has 1 heteroatoms. The topological polar surface area (TPSA) is 20.2 Å². The van der Waals surface area contributed by atoms with E-state index in [2.05, 4.69) is 31.2 Å². The van der Waals surface area contributed by atoms with E-state index in [0.717, 1.165) is 6.42 Å². The minimum Gasteiger partial charge on any atom is -0.392 e. The molecule has 11 heavy (non-hydrogen) atoms. The Kier molecular flexibility index (Phi) is 1.46. The summed E-state index contributed by atoms with van der Waals surface area (Å²) in [4.78, 5) is 0. The Morgan fingerprint density at radius 1 is 1.27 bits per heavy atom. The molecule has 0 aliphatic heterocycles. The van der Waals surface area contributed by atoms with Crippen molar-refractivity contribution in [1.82, 2.24) is 0 Å². The van der Waals surface area contributed by atoms with Crippen molar-refractivity contribution in [1.29, 1.82) is 0 Å². The molecule has 0 saturated heterocycles. The van der Waals surface area contributed by atoms with Gasteiger partial charge in [0, 0.05) is 5.92 Å². The number of benzene rings is 1. The van der Waals surface area contributed by atoms with Gasteiger partial charge in [0.2, 0.25) is 0 Å². The van der Waals surface area contributed by atoms with Crippen molar-refractivity contribution in [3.05, 3.63) is 35.4 Å². The largest absolute Gasteiger partial charge is 0.392 e. The van der Waals surface area contributed by atoms with E-state index in [4.69, 9.17) is 5.11 Å². The lowest BCUT2D eigenvalue weighted by Crippen LogP contribution is -1.85. The maximum atomic E-state index is 9.15. The van der Waals surface area contributed by atoms with Crippen molar-refractivity contribution >= 4 is 0 Å². The Bertz CT molecular complexity index is 250. The third-order valence-corrected chi connectivity index (χ3v) is 2.26. The average molecular weight is 148 g/mol. The van der Waals surface area contributed by atoms with Crippen LogP contribution >= 0.6 is 0 Å². The monoisotopic (exact) mass is 148 g/mol. The first kappa shape index (κ1) is 6.86. The highest BCUT2D eigenvalue weighted by atomic mass is 16.3. The second-order valence-corrected chi connectivity index (χ2v) is 3.32. The van der Waals surface area contributed by atoms with Crippen LogP contribution in [0.5, 0.6) is 0 Å². The van der Waals surface area contributed by atoms with Gasteiger partial charge in [-0.2, -0.15) is 0 Å². The van der Waals surface area contributed by atoms with Gasteiger partial charge in [-0.1, -0.05) is 29.8 Å². The van der Waals surface area contributed by atoms with E-state index in [1.807, 2.05) is 0 Å². The Labute approximate surface area is 66.7 Å². The van der Waals surface area contributed by atoms with Gasteiger partial charge in [0.1, 0.15) is 0 Å². The molecule has 1 N–H and O–H groups in total. The van der Waals surface area contributed by atoms with Crippen LogP contribution in [0, 0.1) is 6.92 Å². The zero-order valence-corrected chi connectivity index (χ0v) is 6.62. The quantitative estimate of drug-likeness (QED) is 0.644. The van der Waals surface area contributed by atoms with Gasteiger partial charge >= 0.3 is 0 Å². The summed E-state index contributed by atoms with van der Waals surface area (Å²) in [6, 6.07) is 8.41. The van der Waals surface area contributed by atoms with Crippen LogP contribution in [0.1, 0.15) is 23.5 Å². The molecule has 2 unspecified atom stereocenters. The highest BCUT2D eigenvalue weighted by Gasteiger charge is 2.36. The Morgan fingerprint density at radius 3 is 2.27 bits per heavy atom. The molecular weight excluding hydrogens is 136 g/mol. The first-order valence-electron chi connectivity index (χ1n) is 4.02. The van der Waals surface area contributed by atoms with E-state index in [9.17, 15) is 0 Å². The van der Waals surface area contributed by atoms with Crippen molar-refractivity contribution in [3.8, 4) is 0 Å². The van der Waals surface area contributed by atoms with Crippen molar-refractivity contribution in [2.75, 3.05) is 0 Å². The van der Waals surface area contributed by atoms with E-state index >= 15 is 0 Å². The molecule has 1 nitrogen and oxygen atoms in total. The Morgan fingerprint density at radius 2 is 1.82 bits per heavy atom. The first-order chi connectivity index (χ1) is 5.27. The molecule has 1 aromatic carbocycles. The van der Waals surface area contributed by atoms with Crippen LogP contribution in [0.4, 0.5) is 0 Å². The van der Waals surface area contributed by atoms with Gasteiger partial charge in [-0.3, -0.25) is 0 Å². The zero-order chi connectivity index (χ0) is 7.84. The molecule has 0 spiro atoms. The molecule has 1 saturated carbocycles. The van der Waals surface area contributed by atoms with E-state index in [0.29, 0.717) is 5.92 Å². The molecular formula is C10H12O. The number of rotatable bonds is 1. The summed E-state index contributed by atoms with van der Waals surface area (Å²) in [7, 11) is 0. The molecule has 0 amide bonds. The minimum atomic E-state index is -0.0716. The highest BCUT2D eigenvalue weighted by molar-refractivity contribution is 5.29. The fraction of sp³-hybridized carbons (Fsp3) is 0.400. The van der Waals surface area contributed by atoms with Crippen LogP contribution in [-0.2, 0) is 0 Å². The summed E-state index contributed by atoms with van der Waals surface area (Å²) < 4.78 is 0. The number of aliphatic hydroxyl groups is 1. The first-order valence-corrected chi connectivity index (χ1v) is 4.02. The number of hydrogen-bond donors (Lipinski definition) is 1. The van der Waals surface area contributed by atoms with Crippen molar-refractivity contribution in [2.45, 2.75) is 25.4 Å². The van der Waals surface area contributed by atoms with Crippen LogP contribution < -0.4 is 0 Å². The summed E-state index contributed by atoms with van der Waals surface area (Å²) in [6.45, 7) is 2.08. The third kappa shape index (κ3) is 1.29. The molecule has 2 rings (SSSR count). The van der Waals surface area contributed by atoms with Crippen LogP contribution in [0.3, 0.4) is 0 Å². The zero-order valence-electron chi connectivity index (χ0n) is 6.62. The van der Waals surface area contributed by atoms with Crippen molar-refractivity contribution < 1.29 is 5.11 Å². The van der Waals surface area contributed by atoms with E-state index < -0.39 is 0 Å². The average Bonchev–Trinajstić information content (AvgIpc) is 2.69. The second-order valence-electron chi connectivity index (χ2n) is 3.32. The maximum Gasteiger partial charge on any atom is 0.0616 e. The molecule has 0 heterocycles.